The van der Waals surface area contributed by atoms with E-state index in [0.29, 0.717) is 10.3 Å². The SMILES string of the molecule is CCCCCCC/C=C/[C@H]1CC[C@@H](Cl)C1.CCCc1ccc(C(=O)O)s1. The summed E-state index contributed by atoms with van der Waals surface area (Å²) in [6, 6.07) is 3.55. The Labute approximate surface area is 168 Å². The van der Waals surface area contributed by atoms with Crippen LogP contribution in [0.3, 0.4) is 0 Å². The van der Waals surface area contributed by atoms with E-state index >= 15 is 0 Å². The first-order valence-corrected chi connectivity index (χ1v) is 11.4. The van der Waals surface area contributed by atoms with E-state index in [1.54, 1.807) is 6.07 Å². The van der Waals surface area contributed by atoms with E-state index in [2.05, 4.69) is 26.0 Å². The molecule has 0 saturated heterocycles. The van der Waals surface area contributed by atoms with E-state index in [0.717, 1.165) is 23.6 Å². The van der Waals surface area contributed by atoms with Gasteiger partial charge < -0.3 is 5.11 Å². The molecule has 4 heteroatoms. The zero-order valence-electron chi connectivity index (χ0n) is 16.4. The molecule has 1 saturated carbocycles. The number of halogens is 1. The molecule has 1 aromatic heterocycles. The Morgan fingerprint density at radius 3 is 2.54 bits per heavy atom. The molecule has 1 aliphatic carbocycles. The molecule has 0 aliphatic heterocycles. The molecule has 26 heavy (non-hydrogen) atoms. The lowest BCUT2D eigenvalue weighted by Crippen LogP contribution is -1.90. The van der Waals surface area contributed by atoms with Crippen LogP contribution in [0.15, 0.2) is 24.3 Å². The Hall–Kier alpha value is -0.800. The number of rotatable bonds is 10. The molecule has 2 rings (SSSR count). The molecule has 0 aromatic carbocycles. The van der Waals surface area contributed by atoms with E-state index in [-0.39, 0.29) is 0 Å². The quantitative estimate of drug-likeness (QED) is 0.249. The van der Waals surface area contributed by atoms with E-state index in [4.69, 9.17) is 16.7 Å². The van der Waals surface area contributed by atoms with Crippen LogP contribution >= 0.6 is 22.9 Å². The Bertz CT molecular complexity index is 524. The van der Waals surface area contributed by atoms with Crippen LogP contribution in [0.5, 0.6) is 0 Å². The number of aromatic carboxylic acids is 1. The summed E-state index contributed by atoms with van der Waals surface area (Å²) in [7, 11) is 0. The van der Waals surface area contributed by atoms with Gasteiger partial charge in [-0.1, -0.05) is 58.1 Å². The lowest BCUT2D eigenvalue weighted by molar-refractivity contribution is 0.0702. The Balaban J connectivity index is 0.000000273. The highest BCUT2D eigenvalue weighted by Gasteiger charge is 2.19. The highest BCUT2D eigenvalue weighted by atomic mass is 35.5. The third kappa shape index (κ3) is 10.4. The summed E-state index contributed by atoms with van der Waals surface area (Å²) < 4.78 is 0. The van der Waals surface area contributed by atoms with Crippen molar-refractivity contribution in [3.05, 3.63) is 34.0 Å². The van der Waals surface area contributed by atoms with Gasteiger partial charge in [-0.2, -0.15) is 0 Å². The summed E-state index contributed by atoms with van der Waals surface area (Å²) in [5.41, 5.74) is 0. The van der Waals surface area contributed by atoms with Crippen molar-refractivity contribution in [2.45, 2.75) is 89.9 Å². The van der Waals surface area contributed by atoms with Gasteiger partial charge in [0, 0.05) is 10.3 Å². The van der Waals surface area contributed by atoms with Crippen molar-refractivity contribution in [3.63, 3.8) is 0 Å². The van der Waals surface area contributed by atoms with Crippen molar-refractivity contribution in [2.24, 2.45) is 5.92 Å². The van der Waals surface area contributed by atoms with Gasteiger partial charge in [0.25, 0.3) is 0 Å². The van der Waals surface area contributed by atoms with Crippen molar-refractivity contribution in [1.29, 1.82) is 0 Å². The number of carbonyl (C=O) groups is 1. The topological polar surface area (TPSA) is 37.3 Å². The van der Waals surface area contributed by atoms with Gasteiger partial charge in [0.2, 0.25) is 0 Å². The van der Waals surface area contributed by atoms with Crippen LogP contribution in [0, 0.1) is 5.92 Å². The molecular formula is C22H35ClO2S. The Morgan fingerprint density at radius 2 is 1.96 bits per heavy atom. The Morgan fingerprint density at radius 1 is 1.19 bits per heavy atom. The number of allylic oxidation sites excluding steroid dienone is 2. The average Bonchev–Trinajstić information content (AvgIpc) is 3.24. The number of carboxylic acids is 1. The van der Waals surface area contributed by atoms with Crippen LogP contribution in [0.2, 0.25) is 0 Å². The minimum atomic E-state index is -0.822. The molecule has 0 amide bonds. The van der Waals surface area contributed by atoms with Crippen molar-refractivity contribution in [2.75, 3.05) is 0 Å². The number of unbranched alkanes of at least 4 members (excludes halogenated alkanes) is 5. The van der Waals surface area contributed by atoms with Gasteiger partial charge >= 0.3 is 5.97 Å². The zero-order chi connectivity index (χ0) is 19.2. The van der Waals surface area contributed by atoms with Crippen LogP contribution < -0.4 is 0 Å². The maximum atomic E-state index is 10.4. The number of hydrogen-bond donors (Lipinski definition) is 1. The van der Waals surface area contributed by atoms with E-state index in [9.17, 15) is 4.79 Å². The summed E-state index contributed by atoms with van der Waals surface area (Å²) in [5.74, 6) is -0.0412. The number of alkyl halides is 1. The number of hydrogen-bond acceptors (Lipinski definition) is 2. The van der Waals surface area contributed by atoms with E-state index in [1.807, 2.05) is 6.07 Å². The fourth-order valence-electron chi connectivity index (χ4n) is 3.16. The normalized spacial score (nSPS) is 19.5. The van der Waals surface area contributed by atoms with Crippen LogP contribution in [-0.4, -0.2) is 16.5 Å². The lowest BCUT2D eigenvalue weighted by Gasteiger charge is -2.01. The second-order valence-corrected chi connectivity index (χ2v) is 8.91. The second kappa shape index (κ2) is 14.3. The largest absolute Gasteiger partial charge is 0.477 e. The maximum Gasteiger partial charge on any atom is 0.345 e. The summed E-state index contributed by atoms with van der Waals surface area (Å²) in [6.07, 6.45) is 18.8. The summed E-state index contributed by atoms with van der Waals surface area (Å²) >= 11 is 7.44. The van der Waals surface area contributed by atoms with Crippen LogP contribution in [0.25, 0.3) is 0 Å². The third-order valence-corrected chi connectivity index (χ3v) is 6.19. The van der Waals surface area contributed by atoms with Gasteiger partial charge in [-0.3, -0.25) is 0 Å². The smallest absolute Gasteiger partial charge is 0.345 e. The molecule has 2 atom stereocenters. The van der Waals surface area contributed by atoms with Gasteiger partial charge in [-0.15, -0.1) is 22.9 Å². The van der Waals surface area contributed by atoms with Crippen LogP contribution in [-0.2, 0) is 6.42 Å². The second-order valence-electron chi connectivity index (χ2n) is 7.12. The van der Waals surface area contributed by atoms with Gasteiger partial charge in [0.1, 0.15) is 4.88 Å². The molecule has 1 heterocycles. The predicted molar refractivity (Wildman–Crippen MR) is 115 cm³/mol. The minimum absolute atomic E-state index is 0.438. The van der Waals surface area contributed by atoms with Gasteiger partial charge in [0.15, 0.2) is 0 Å². The fourth-order valence-corrected chi connectivity index (χ4v) is 4.46. The number of aryl methyl sites for hydroxylation is 1. The highest BCUT2D eigenvalue weighted by molar-refractivity contribution is 7.13. The predicted octanol–water partition coefficient (Wildman–Crippen LogP) is 7.71. The molecule has 0 unspecified atom stereocenters. The first-order valence-electron chi connectivity index (χ1n) is 10.2. The molecule has 1 fully saturated rings. The average molecular weight is 399 g/mol. The summed E-state index contributed by atoms with van der Waals surface area (Å²) in [6.45, 7) is 4.35. The molecule has 0 bridgehead atoms. The standard InChI is InChI=1S/C14H25Cl.C8H10O2S/c1-2-3-4-5-6-7-8-9-13-10-11-14(15)12-13;1-2-3-6-4-5-7(11-6)8(9)10/h8-9,13-14H,2-7,10-12H2,1H3;4-5H,2-3H2,1H3,(H,9,10)/b9-8+;/t13-,14+;/m0./s1. The number of carboxylic acid groups (broad SMARTS) is 1. The third-order valence-electron chi connectivity index (χ3n) is 4.66. The Kier molecular flexibility index (Phi) is 12.8. The summed E-state index contributed by atoms with van der Waals surface area (Å²) in [5, 5.41) is 9.03. The monoisotopic (exact) mass is 398 g/mol. The van der Waals surface area contributed by atoms with Crippen LogP contribution in [0.4, 0.5) is 0 Å². The minimum Gasteiger partial charge on any atom is -0.477 e. The molecule has 1 N–H and O–H groups in total. The fraction of sp³-hybridized carbons (Fsp3) is 0.682. The molecule has 148 valence electrons. The first-order chi connectivity index (χ1) is 12.6. The van der Waals surface area contributed by atoms with Crippen molar-refractivity contribution >= 4 is 28.9 Å². The molecule has 1 aliphatic rings. The lowest BCUT2D eigenvalue weighted by atomic mass is 10.1. The van der Waals surface area contributed by atoms with Crippen LogP contribution in [0.1, 0.15) is 92.6 Å². The van der Waals surface area contributed by atoms with E-state index in [1.165, 1.54) is 69.1 Å². The maximum absolute atomic E-state index is 10.4. The molecule has 0 radical (unpaired) electrons. The molecular weight excluding hydrogens is 364 g/mol. The zero-order valence-corrected chi connectivity index (χ0v) is 18.0. The highest BCUT2D eigenvalue weighted by Crippen LogP contribution is 2.30. The van der Waals surface area contributed by atoms with Gasteiger partial charge in [-0.25, -0.2) is 4.79 Å². The van der Waals surface area contributed by atoms with Crippen molar-refractivity contribution in [1.82, 2.24) is 0 Å². The van der Waals surface area contributed by atoms with Crippen molar-refractivity contribution in [3.8, 4) is 0 Å². The number of thiophene rings is 1. The van der Waals surface area contributed by atoms with Crippen molar-refractivity contribution < 1.29 is 9.90 Å². The van der Waals surface area contributed by atoms with Gasteiger partial charge in [-0.05, 0) is 56.6 Å². The first kappa shape index (κ1) is 23.2. The molecule has 0 spiro atoms. The molecule has 2 nitrogen and oxygen atoms in total. The van der Waals surface area contributed by atoms with E-state index < -0.39 is 5.97 Å². The summed E-state index contributed by atoms with van der Waals surface area (Å²) in [4.78, 5) is 12.0. The van der Waals surface area contributed by atoms with Gasteiger partial charge in [0.05, 0.1) is 0 Å². The molecule has 1 aromatic rings.